The van der Waals surface area contributed by atoms with Crippen LogP contribution in [0, 0.1) is 19.7 Å². The van der Waals surface area contributed by atoms with Crippen LogP contribution in [0.4, 0.5) is 21.6 Å². The molecule has 1 aliphatic rings. The second kappa shape index (κ2) is 8.48. The highest BCUT2D eigenvalue weighted by atomic mass is 32.1. The highest BCUT2D eigenvalue weighted by Gasteiger charge is 2.19. The van der Waals surface area contributed by atoms with Crippen LogP contribution in [0.3, 0.4) is 0 Å². The molecular formula is C25H26FN5S. The van der Waals surface area contributed by atoms with Crippen molar-refractivity contribution in [2.45, 2.75) is 13.8 Å². The Labute approximate surface area is 191 Å². The highest BCUT2D eigenvalue weighted by Crippen LogP contribution is 2.41. The number of benzene rings is 2. The average Bonchev–Trinajstić information content (AvgIpc) is 3.11. The molecule has 5 nitrogen and oxygen atoms in total. The van der Waals surface area contributed by atoms with E-state index in [4.69, 9.17) is 4.98 Å². The summed E-state index contributed by atoms with van der Waals surface area (Å²) in [5.41, 5.74) is 4.25. The van der Waals surface area contributed by atoms with Crippen molar-refractivity contribution < 1.29 is 4.39 Å². The van der Waals surface area contributed by atoms with E-state index < -0.39 is 0 Å². The van der Waals surface area contributed by atoms with Gasteiger partial charge in [0, 0.05) is 48.0 Å². The topological polar surface area (TPSA) is 44.3 Å². The van der Waals surface area contributed by atoms with Crippen molar-refractivity contribution in [1.82, 2.24) is 14.9 Å². The number of aromatic nitrogens is 2. The molecule has 0 spiro atoms. The van der Waals surface area contributed by atoms with Gasteiger partial charge in [-0.15, -0.1) is 11.3 Å². The molecule has 0 atom stereocenters. The molecule has 0 aliphatic carbocycles. The minimum absolute atomic E-state index is 0.239. The number of hydrogen-bond donors (Lipinski definition) is 1. The fourth-order valence-corrected chi connectivity index (χ4v) is 5.32. The first-order chi connectivity index (χ1) is 15.5. The molecule has 1 fully saturated rings. The summed E-state index contributed by atoms with van der Waals surface area (Å²) in [5, 5.41) is 4.49. The van der Waals surface area contributed by atoms with E-state index in [2.05, 4.69) is 58.3 Å². The summed E-state index contributed by atoms with van der Waals surface area (Å²) in [6.07, 6.45) is 0. The molecular weight excluding hydrogens is 421 g/mol. The lowest BCUT2D eigenvalue weighted by Gasteiger charge is -2.34. The third-order valence-electron chi connectivity index (χ3n) is 5.97. The average molecular weight is 448 g/mol. The fraction of sp³-hybridized carbons (Fsp3) is 0.280. The van der Waals surface area contributed by atoms with Crippen molar-refractivity contribution in [1.29, 1.82) is 0 Å². The Hall–Kier alpha value is -3.03. The van der Waals surface area contributed by atoms with Crippen molar-refractivity contribution in [2.75, 3.05) is 43.4 Å². The summed E-state index contributed by atoms with van der Waals surface area (Å²) >= 11 is 1.64. The maximum atomic E-state index is 13.5. The molecule has 5 rings (SSSR count). The van der Waals surface area contributed by atoms with E-state index >= 15 is 0 Å². The van der Waals surface area contributed by atoms with Crippen LogP contribution in [0.2, 0.25) is 0 Å². The molecule has 0 unspecified atom stereocenters. The molecule has 7 heteroatoms. The maximum Gasteiger partial charge on any atom is 0.143 e. The van der Waals surface area contributed by atoms with Crippen molar-refractivity contribution in [2.24, 2.45) is 0 Å². The number of rotatable bonds is 4. The van der Waals surface area contributed by atoms with E-state index in [9.17, 15) is 4.39 Å². The third kappa shape index (κ3) is 4.06. The van der Waals surface area contributed by atoms with E-state index in [1.807, 2.05) is 19.1 Å². The third-order valence-corrected chi connectivity index (χ3v) is 6.97. The Kier molecular flexibility index (Phi) is 5.53. The van der Waals surface area contributed by atoms with Crippen LogP contribution in [0.1, 0.15) is 10.7 Å². The van der Waals surface area contributed by atoms with Gasteiger partial charge in [0.05, 0.1) is 5.39 Å². The van der Waals surface area contributed by atoms with Gasteiger partial charge in [-0.2, -0.15) is 0 Å². The van der Waals surface area contributed by atoms with Crippen LogP contribution in [0.15, 0.2) is 48.5 Å². The van der Waals surface area contributed by atoms with E-state index in [-0.39, 0.29) is 5.82 Å². The fourth-order valence-electron chi connectivity index (χ4n) is 4.23. The van der Waals surface area contributed by atoms with Gasteiger partial charge in [0.2, 0.25) is 0 Å². The monoisotopic (exact) mass is 447 g/mol. The Morgan fingerprint density at radius 1 is 0.906 bits per heavy atom. The van der Waals surface area contributed by atoms with Gasteiger partial charge < -0.3 is 15.1 Å². The Morgan fingerprint density at radius 2 is 1.59 bits per heavy atom. The van der Waals surface area contributed by atoms with Gasteiger partial charge in [-0.3, -0.25) is 0 Å². The highest BCUT2D eigenvalue weighted by molar-refractivity contribution is 7.19. The van der Waals surface area contributed by atoms with E-state index in [0.717, 1.165) is 69.7 Å². The molecule has 0 saturated carbocycles. The number of aryl methyl sites for hydroxylation is 2. The van der Waals surface area contributed by atoms with Gasteiger partial charge in [0.25, 0.3) is 0 Å². The molecule has 1 saturated heterocycles. The molecule has 0 amide bonds. The first-order valence-electron chi connectivity index (χ1n) is 10.8. The molecule has 2 aromatic heterocycles. The first kappa shape index (κ1) is 20.8. The summed E-state index contributed by atoms with van der Waals surface area (Å²) in [5.74, 6) is 1.27. The number of anilines is 3. The minimum Gasteiger partial charge on any atom is -0.369 e. The number of thiophene rings is 1. The number of hydrogen-bond acceptors (Lipinski definition) is 6. The second-order valence-electron chi connectivity index (χ2n) is 8.30. The van der Waals surface area contributed by atoms with Crippen molar-refractivity contribution >= 4 is 38.7 Å². The maximum absolute atomic E-state index is 13.5. The van der Waals surface area contributed by atoms with Crippen LogP contribution in [-0.4, -0.2) is 48.1 Å². The van der Waals surface area contributed by atoms with Gasteiger partial charge in [-0.05, 0) is 62.9 Å². The summed E-state index contributed by atoms with van der Waals surface area (Å²) in [4.78, 5) is 16.3. The predicted molar refractivity (Wildman–Crippen MR) is 132 cm³/mol. The lowest BCUT2D eigenvalue weighted by atomic mass is 10.0. The zero-order chi connectivity index (χ0) is 22.2. The molecule has 1 aliphatic heterocycles. The molecule has 0 radical (unpaired) electrons. The predicted octanol–water partition coefficient (Wildman–Crippen LogP) is 5.61. The Morgan fingerprint density at radius 3 is 2.28 bits per heavy atom. The van der Waals surface area contributed by atoms with Crippen molar-refractivity contribution in [3.63, 3.8) is 0 Å². The van der Waals surface area contributed by atoms with E-state index in [0.29, 0.717) is 0 Å². The van der Waals surface area contributed by atoms with Gasteiger partial charge in [0.15, 0.2) is 0 Å². The molecule has 4 aromatic rings. The molecule has 1 N–H and O–H groups in total. The lowest BCUT2D eigenvalue weighted by Crippen LogP contribution is -2.44. The number of nitrogens with zero attached hydrogens (tertiary/aromatic N) is 4. The number of halogens is 1. The van der Waals surface area contributed by atoms with Gasteiger partial charge in [-0.1, -0.05) is 12.1 Å². The summed E-state index contributed by atoms with van der Waals surface area (Å²) < 4.78 is 13.5. The molecule has 2 aromatic carbocycles. The summed E-state index contributed by atoms with van der Waals surface area (Å²) in [6.45, 7) is 8.25. The largest absolute Gasteiger partial charge is 0.369 e. The van der Waals surface area contributed by atoms with Crippen LogP contribution >= 0.6 is 11.3 Å². The summed E-state index contributed by atoms with van der Waals surface area (Å²) in [6, 6.07) is 15.2. The van der Waals surface area contributed by atoms with Crippen LogP contribution in [0.25, 0.3) is 21.3 Å². The number of likely N-dealkylation sites (N-methyl/N-ethyl adjacent to an activating group) is 1. The van der Waals surface area contributed by atoms with Crippen molar-refractivity contribution in [3.8, 4) is 11.1 Å². The molecule has 164 valence electrons. The van der Waals surface area contributed by atoms with Crippen LogP contribution in [-0.2, 0) is 0 Å². The Balaban J connectivity index is 1.49. The smallest absolute Gasteiger partial charge is 0.143 e. The van der Waals surface area contributed by atoms with Crippen LogP contribution < -0.4 is 10.2 Å². The molecule has 0 bridgehead atoms. The number of nitrogens with one attached hydrogen (secondary N) is 1. The SMILES string of the molecule is Cc1nc(Nc2ccc(N3CCN(C)CC3)cc2)c2c(-c3ccc(F)cc3)c(C)sc2n1. The summed E-state index contributed by atoms with van der Waals surface area (Å²) in [7, 11) is 2.17. The number of piperazine rings is 1. The molecule has 3 heterocycles. The van der Waals surface area contributed by atoms with E-state index in [1.165, 1.54) is 17.8 Å². The quantitative estimate of drug-likeness (QED) is 0.441. The lowest BCUT2D eigenvalue weighted by molar-refractivity contribution is 0.313. The van der Waals surface area contributed by atoms with Crippen LogP contribution in [0.5, 0.6) is 0 Å². The zero-order valence-corrected chi connectivity index (χ0v) is 19.3. The first-order valence-corrected chi connectivity index (χ1v) is 11.6. The number of fused-ring (bicyclic) bond motifs is 1. The zero-order valence-electron chi connectivity index (χ0n) is 18.5. The van der Waals surface area contributed by atoms with Gasteiger partial charge in [-0.25, -0.2) is 14.4 Å². The van der Waals surface area contributed by atoms with Crippen molar-refractivity contribution in [3.05, 3.63) is 65.0 Å². The van der Waals surface area contributed by atoms with Gasteiger partial charge >= 0.3 is 0 Å². The second-order valence-corrected chi connectivity index (χ2v) is 9.51. The Bertz CT molecular complexity index is 1240. The van der Waals surface area contributed by atoms with Gasteiger partial charge in [0.1, 0.15) is 22.3 Å². The molecule has 32 heavy (non-hydrogen) atoms. The standard InChI is InChI=1S/C25H26FN5S/c1-16-22(18-4-6-19(26)7-5-18)23-24(27-17(2)28-25(23)32-16)29-20-8-10-21(11-9-20)31-14-12-30(3)13-15-31/h4-11H,12-15H2,1-3H3,(H,27,28,29). The normalized spacial score (nSPS) is 14.8. The minimum atomic E-state index is -0.239. The van der Waals surface area contributed by atoms with E-state index in [1.54, 1.807) is 11.3 Å².